The van der Waals surface area contributed by atoms with Crippen molar-refractivity contribution in [2.75, 3.05) is 0 Å². The first-order valence-electron chi connectivity index (χ1n) is 20.2. The molecule has 0 aromatic heterocycles. The predicted octanol–water partition coefficient (Wildman–Crippen LogP) is 6.46. The van der Waals surface area contributed by atoms with E-state index in [1.54, 1.807) is 37.3 Å². The highest BCUT2D eigenvalue weighted by Gasteiger charge is 2.36. The van der Waals surface area contributed by atoms with Crippen LogP contribution in [0.4, 0.5) is 0 Å². The van der Waals surface area contributed by atoms with Gasteiger partial charge in [0, 0.05) is 18.4 Å². The SMILES string of the molecule is C/C(=C\[C@@H](C)[C@@H](C)O)[C@H]1CC=C[C@H](C/C=C/CC/C=C/[C@H](O)[C@@H](O)[C@H]2C[C@H](O)CC(C/C=C/C[C@@H]3O[C@H]([C@H](O)/C=C/C=C\C=C/C(=O)O)CC(C)C3C)O2)O1. The molecule has 0 aliphatic carbocycles. The number of hydrogen-bond donors (Lipinski definition) is 6. The number of allylic oxidation sites excluding steroid dienone is 6. The van der Waals surface area contributed by atoms with Crippen LogP contribution < -0.4 is 0 Å². The van der Waals surface area contributed by atoms with Gasteiger partial charge in [-0.3, -0.25) is 0 Å². The first-order valence-corrected chi connectivity index (χ1v) is 20.2. The molecule has 0 radical (unpaired) electrons. The molecule has 0 spiro atoms. The number of hydrogen-bond acceptors (Lipinski definition) is 9. The molecule has 0 amide bonds. The van der Waals surface area contributed by atoms with Crippen LogP contribution in [-0.2, 0) is 19.0 Å². The molecule has 55 heavy (non-hydrogen) atoms. The van der Waals surface area contributed by atoms with Crippen LogP contribution in [-0.4, -0.2) is 104 Å². The fourth-order valence-electron chi connectivity index (χ4n) is 7.15. The zero-order valence-electron chi connectivity index (χ0n) is 33.4. The highest BCUT2D eigenvalue weighted by molar-refractivity contribution is 5.80. The first kappa shape index (κ1) is 46.5. The summed E-state index contributed by atoms with van der Waals surface area (Å²) in [7, 11) is 0. The summed E-state index contributed by atoms with van der Waals surface area (Å²) in [6.45, 7) is 10.2. The summed E-state index contributed by atoms with van der Waals surface area (Å²) < 4.78 is 18.7. The Morgan fingerprint density at radius 2 is 1.53 bits per heavy atom. The first-order chi connectivity index (χ1) is 26.2. The van der Waals surface area contributed by atoms with Gasteiger partial charge in [-0.25, -0.2) is 4.79 Å². The summed E-state index contributed by atoms with van der Waals surface area (Å²) in [4.78, 5) is 10.6. The van der Waals surface area contributed by atoms with E-state index in [4.69, 9.17) is 19.3 Å². The fraction of sp³-hybridized carbons (Fsp3) is 0.622. The maximum Gasteiger partial charge on any atom is 0.328 e. The molecular weight excluding hydrogens is 700 g/mol. The van der Waals surface area contributed by atoms with E-state index >= 15 is 0 Å². The maximum absolute atomic E-state index is 10.9. The third kappa shape index (κ3) is 17.0. The average Bonchev–Trinajstić information content (AvgIpc) is 3.15. The average molecular weight is 769 g/mol. The molecule has 0 saturated carbocycles. The van der Waals surface area contributed by atoms with Gasteiger partial charge in [0.2, 0.25) is 0 Å². The van der Waals surface area contributed by atoms with Gasteiger partial charge < -0.3 is 44.8 Å². The molecule has 3 aliphatic heterocycles. The topological polar surface area (TPSA) is 166 Å². The van der Waals surface area contributed by atoms with Gasteiger partial charge in [-0.15, -0.1) is 0 Å². The molecule has 3 unspecified atom stereocenters. The monoisotopic (exact) mass is 768 g/mol. The van der Waals surface area contributed by atoms with Gasteiger partial charge in [-0.2, -0.15) is 0 Å². The highest BCUT2D eigenvalue weighted by Crippen LogP contribution is 2.34. The van der Waals surface area contributed by atoms with Gasteiger partial charge in [0.1, 0.15) is 12.2 Å². The van der Waals surface area contributed by atoms with Crippen LogP contribution >= 0.6 is 0 Å². The van der Waals surface area contributed by atoms with Gasteiger partial charge in [0.05, 0.1) is 54.9 Å². The summed E-state index contributed by atoms with van der Waals surface area (Å²) >= 11 is 0. The predicted molar refractivity (Wildman–Crippen MR) is 216 cm³/mol. The third-order valence-electron chi connectivity index (χ3n) is 11.0. The van der Waals surface area contributed by atoms with Crippen LogP contribution in [0.3, 0.4) is 0 Å². The molecule has 308 valence electrons. The minimum absolute atomic E-state index is 0.00491. The van der Waals surface area contributed by atoms with E-state index in [0.717, 1.165) is 37.3 Å². The van der Waals surface area contributed by atoms with Crippen molar-refractivity contribution >= 4 is 5.97 Å². The van der Waals surface area contributed by atoms with Gasteiger partial charge in [0.25, 0.3) is 0 Å². The Labute approximate surface area is 329 Å². The molecule has 3 aliphatic rings. The summed E-state index contributed by atoms with van der Waals surface area (Å²) in [5.74, 6) is -0.299. The Morgan fingerprint density at radius 3 is 2.27 bits per heavy atom. The minimum Gasteiger partial charge on any atom is -0.478 e. The van der Waals surface area contributed by atoms with Crippen molar-refractivity contribution < 1.29 is 49.6 Å². The van der Waals surface area contributed by atoms with Crippen molar-refractivity contribution in [3.05, 3.63) is 96.7 Å². The van der Waals surface area contributed by atoms with Crippen molar-refractivity contribution in [3.63, 3.8) is 0 Å². The summed E-state index contributed by atoms with van der Waals surface area (Å²) in [5.41, 5.74) is 1.14. The number of carboxylic acids is 1. The highest BCUT2D eigenvalue weighted by atomic mass is 16.5. The summed E-state index contributed by atoms with van der Waals surface area (Å²) in [5, 5.41) is 61.4. The van der Waals surface area contributed by atoms with Gasteiger partial charge in [-0.1, -0.05) is 106 Å². The molecule has 10 heteroatoms. The Hall–Kier alpha value is -2.93. The number of aliphatic hydroxyl groups excluding tert-OH is 5. The third-order valence-corrected chi connectivity index (χ3v) is 11.0. The number of carbonyl (C=O) groups is 1. The van der Waals surface area contributed by atoms with E-state index in [9.17, 15) is 30.3 Å². The van der Waals surface area contributed by atoms with Crippen molar-refractivity contribution in [1.82, 2.24) is 0 Å². The lowest BCUT2D eigenvalue weighted by atomic mass is 9.81. The zero-order valence-corrected chi connectivity index (χ0v) is 33.4. The zero-order chi connectivity index (χ0) is 40.3. The van der Waals surface area contributed by atoms with Gasteiger partial charge in [0.15, 0.2) is 0 Å². The van der Waals surface area contributed by atoms with Crippen LogP contribution in [0.25, 0.3) is 0 Å². The fourth-order valence-corrected chi connectivity index (χ4v) is 7.15. The molecule has 0 aromatic carbocycles. The summed E-state index contributed by atoms with van der Waals surface area (Å²) in [6, 6.07) is 0. The van der Waals surface area contributed by atoms with E-state index in [-0.39, 0.29) is 42.9 Å². The number of unbranched alkanes of at least 4 members (excludes halogenated alkanes) is 1. The van der Waals surface area contributed by atoms with Crippen LogP contribution in [0, 0.1) is 17.8 Å². The molecule has 0 aromatic rings. The molecule has 6 N–H and O–H groups in total. The largest absolute Gasteiger partial charge is 0.478 e. The smallest absolute Gasteiger partial charge is 0.328 e. The number of carboxylic acid groups (broad SMARTS) is 1. The molecule has 3 rings (SSSR count). The van der Waals surface area contributed by atoms with Crippen LogP contribution in [0.5, 0.6) is 0 Å². The lowest BCUT2D eigenvalue weighted by Gasteiger charge is -2.40. The van der Waals surface area contributed by atoms with Crippen molar-refractivity contribution in [1.29, 1.82) is 0 Å². The van der Waals surface area contributed by atoms with E-state index in [1.807, 2.05) is 25.2 Å². The van der Waals surface area contributed by atoms with Gasteiger partial charge in [-0.05, 0) is 82.6 Å². The maximum atomic E-state index is 10.9. The lowest BCUT2D eigenvalue weighted by molar-refractivity contribution is -0.153. The van der Waals surface area contributed by atoms with E-state index in [1.165, 1.54) is 6.08 Å². The molecule has 0 bridgehead atoms. The molecule has 10 nitrogen and oxygen atoms in total. The van der Waals surface area contributed by atoms with Crippen LogP contribution in [0.1, 0.15) is 92.4 Å². The van der Waals surface area contributed by atoms with Crippen molar-refractivity contribution in [3.8, 4) is 0 Å². The number of ether oxygens (including phenoxy) is 3. The Bertz CT molecular complexity index is 1380. The number of rotatable bonds is 20. The van der Waals surface area contributed by atoms with E-state index in [0.29, 0.717) is 37.5 Å². The summed E-state index contributed by atoms with van der Waals surface area (Å²) in [6.07, 6.45) is 27.3. The molecule has 2 saturated heterocycles. The molecular formula is C45H68O10. The standard InChI is InChI=1S/C45H68O10/c1-30-27-42(38(48)21-12-9-10-14-25-44(50)51)55-41(33(30)4)23-16-15-19-37-28-35(47)29-43(54-37)45(52)39(49)22-13-8-6-7-11-18-36-20-17-24-40(53-36)32(3)26-31(2)34(5)46/h7,9-17,20-22,25-26,30-31,33-43,45-49,52H,6,8,18-19,23-24,27-29H2,1-5H3,(H,50,51)/b10-9-,11-7+,16-15+,21-12+,22-13+,25-14-,32-26+/t30?,31-,33?,34-,35-,36+,37?,38-,39+,40-,41+,42+,43-,45-/m1/s1. The van der Waals surface area contributed by atoms with Crippen LogP contribution in [0.15, 0.2) is 96.7 Å². The number of aliphatic carboxylic acids is 1. The minimum atomic E-state index is -1.16. The second-order valence-electron chi connectivity index (χ2n) is 15.6. The lowest BCUT2D eigenvalue weighted by Crippen LogP contribution is -2.46. The Morgan fingerprint density at radius 1 is 0.818 bits per heavy atom. The van der Waals surface area contributed by atoms with Crippen LogP contribution in [0.2, 0.25) is 0 Å². The Balaban J connectivity index is 1.39. The quantitative estimate of drug-likeness (QED) is 0.0351. The number of aliphatic hydroxyl groups is 5. The van der Waals surface area contributed by atoms with E-state index in [2.05, 4.69) is 51.2 Å². The Kier molecular flexibility index (Phi) is 20.8. The second-order valence-corrected chi connectivity index (χ2v) is 15.6. The molecule has 3 heterocycles. The second kappa shape index (κ2) is 24.6. The van der Waals surface area contributed by atoms with Gasteiger partial charge >= 0.3 is 5.97 Å². The van der Waals surface area contributed by atoms with Crippen molar-refractivity contribution in [2.45, 2.75) is 160 Å². The molecule has 2 fully saturated rings. The van der Waals surface area contributed by atoms with E-state index < -0.39 is 42.6 Å². The normalized spacial score (nSPS) is 32.7. The van der Waals surface area contributed by atoms with Crippen molar-refractivity contribution in [2.24, 2.45) is 17.8 Å². The molecule has 14 atom stereocenters.